The van der Waals surface area contributed by atoms with E-state index in [2.05, 4.69) is 22.1 Å². The van der Waals surface area contributed by atoms with Crippen molar-refractivity contribution in [2.75, 3.05) is 11.1 Å². The number of para-hydroxylation sites is 2. The summed E-state index contributed by atoms with van der Waals surface area (Å²) in [5.74, 6) is 0.835. The Morgan fingerprint density at radius 2 is 2.00 bits per heavy atom. The van der Waals surface area contributed by atoms with Crippen molar-refractivity contribution < 1.29 is 14.5 Å². The van der Waals surface area contributed by atoms with E-state index in [4.69, 9.17) is 16.3 Å². The molecule has 1 unspecified atom stereocenters. The normalized spacial score (nSPS) is 11.6. The minimum absolute atomic E-state index is 0.00780. The van der Waals surface area contributed by atoms with Gasteiger partial charge in [0.25, 0.3) is 5.69 Å². The molecule has 0 radical (unpaired) electrons. The summed E-state index contributed by atoms with van der Waals surface area (Å²) in [6.45, 7) is 9.89. The minimum atomic E-state index is -0.541. The molecule has 1 heterocycles. The number of allylic oxidation sites excluding steroid dienone is 1. The number of nitrogens with zero attached hydrogens (tertiary/aromatic N) is 4. The van der Waals surface area contributed by atoms with Crippen molar-refractivity contribution in [2.24, 2.45) is 0 Å². The number of nitro groups is 1. The molecule has 0 saturated carbocycles. The third-order valence-corrected chi connectivity index (χ3v) is 6.41. The number of anilines is 1. The van der Waals surface area contributed by atoms with Crippen molar-refractivity contribution in [1.82, 2.24) is 14.8 Å². The summed E-state index contributed by atoms with van der Waals surface area (Å²) < 4.78 is 7.90. The van der Waals surface area contributed by atoms with Gasteiger partial charge >= 0.3 is 0 Å². The van der Waals surface area contributed by atoms with Crippen LogP contribution in [0.5, 0.6) is 5.75 Å². The first kappa shape index (κ1) is 25.3. The van der Waals surface area contributed by atoms with E-state index in [-0.39, 0.29) is 17.1 Å². The molecule has 9 nitrogen and oxygen atoms in total. The van der Waals surface area contributed by atoms with Gasteiger partial charge < -0.3 is 10.1 Å². The number of aryl methyl sites for hydroxylation is 2. The molecular formula is C23H24ClN5O4S. The van der Waals surface area contributed by atoms with Gasteiger partial charge in [-0.05, 0) is 50.1 Å². The van der Waals surface area contributed by atoms with E-state index in [0.717, 1.165) is 11.1 Å². The van der Waals surface area contributed by atoms with E-state index in [9.17, 15) is 14.9 Å². The van der Waals surface area contributed by atoms with E-state index >= 15 is 0 Å². The lowest BCUT2D eigenvalue weighted by Crippen LogP contribution is -2.16. The Balaban J connectivity index is 1.72. The van der Waals surface area contributed by atoms with Crippen LogP contribution in [-0.2, 0) is 11.3 Å². The molecule has 0 fully saturated rings. The third kappa shape index (κ3) is 5.95. The highest BCUT2D eigenvalue weighted by Crippen LogP contribution is 2.30. The van der Waals surface area contributed by atoms with Gasteiger partial charge in [-0.2, -0.15) is 0 Å². The van der Waals surface area contributed by atoms with Crippen molar-refractivity contribution in [3.8, 4) is 5.75 Å². The van der Waals surface area contributed by atoms with Gasteiger partial charge in [0.1, 0.15) is 11.4 Å². The molecular weight excluding hydrogens is 478 g/mol. The van der Waals surface area contributed by atoms with Gasteiger partial charge in [-0.15, -0.1) is 16.8 Å². The van der Waals surface area contributed by atoms with Crippen LogP contribution in [0, 0.1) is 24.0 Å². The first-order valence-corrected chi connectivity index (χ1v) is 11.7. The number of nitro benzene ring substituents is 1. The lowest BCUT2D eigenvalue weighted by Gasteiger charge is -2.17. The fourth-order valence-corrected chi connectivity index (χ4v) is 4.16. The van der Waals surface area contributed by atoms with Crippen molar-refractivity contribution in [2.45, 2.75) is 38.6 Å². The van der Waals surface area contributed by atoms with Gasteiger partial charge in [0.15, 0.2) is 17.1 Å². The van der Waals surface area contributed by atoms with Crippen molar-refractivity contribution in [3.63, 3.8) is 0 Å². The first-order valence-electron chi connectivity index (χ1n) is 10.3. The molecule has 0 spiro atoms. The van der Waals surface area contributed by atoms with Crippen molar-refractivity contribution in [3.05, 3.63) is 81.1 Å². The van der Waals surface area contributed by atoms with Crippen LogP contribution >= 0.6 is 23.4 Å². The standard InChI is InChI=1S/C23H24ClN5O4S/c1-5-10-28-22(16(4)33-17-11-14(2)21(24)15(3)12-17)26-27-23(28)34-13-20(30)25-18-8-6-7-9-19(18)29(31)32/h5-9,11-12,16H,1,10,13H2,2-4H3,(H,25,30). The van der Waals surface area contributed by atoms with E-state index in [1.165, 1.54) is 30.0 Å². The van der Waals surface area contributed by atoms with Gasteiger partial charge in [0.2, 0.25) is 5.91 Å². The largest absolute Gasteiger partial charge is 0.483 e. The zero-order valence-corrected chi connectivity index (χ0v) is 20.5. The van der Waals surface area contributed by atoms with Crippen LogP contribution < -0.4 is 10.1 Å². The Morgan fingerprint density at radius 3 is 2.65 bits per heavy atom. The number of aromatic nitrogens is 3. The molecule has 3 aromatic rings. The summed E-state index contributed by atoms with van der Waals surface area (Å²) in [7, 11) is 0. The molecule has 1 N–H and O–H groups in total. The molecule has 34 heavy (non-hydrogen) atoms. The van der Waals surface area contributed by atoms with E-state index in [1.54, 1.807) is 12.1 Å². The molecule has 0 saturated heterocycles. The molecule has 1 atom stereocenters. The fraction of sp³-hybridized carbons (Fsp3) is 0.261. The smallest absolute Gasteiger partial charge is 0.292 e. The Morgan fingerprint density at radius 1 is 1.32 bits per heavy atom. The Hall–Kier alpha value is -3.37. The second-order valence-electron chi connectivity index (χ2n) is 7.48. The topological polar surface area (TPSA) is 112 Å². The number of hydrogen-bond donors (Lipinski definition) is 1. The fourth-order valence-electron chi connectivity index (χ4n) is 3.29. The van der Waals surface area contributed by atoms with E-state index < -0.39 is 16.9 Å². The molecule has 1 amide bonds. The average molecular weight is 502 g/mol. The van der Waals surface area contributed by atoms with Crippen LogP contribution in [0.4, 0.5) is 11.4 Å². The Bertz CT molecular complexity index is 1210. The number of benzene rings is 2. The molecule has 0 aliphatic heterocycles. The highest BCUT2D eigenvalue weighted by atomic mass is 35.5. The number of halogens is 1. The minimum Gasteiger partial charge on any atom is -0.483 e. The maximum Gasteiger partial charge on any atom is 0.292 e. The second kappa shape index (κ2) is 11.2. The summed E-state index contributed by atoms with van der Waals surface area (Å²) in [6, 6.07) is 9.70. The molecule has 1 aromatic heterocycles. The number of nitrogens with one attached hydrogen (secondary N) is 1. The predicted octanol–water partition coefficient (Wildman–Crippen LogP) is 5.51. The highest BCUT2D eigenvalue weighted by Gasteiger charge is 2.21. The molecule has 2 aromatic carbocycles. The van der Waals surface area contributed by atoms with Gasteiger partial charge in [-0.1, -0.05) is 41.6 Å². The summed E-state index contributed by atoms with van der Waals surface area (Å²) >= 11 is 7.41. The maximum atomic E-state index is 12.4. The summed E-state index contributed by atoms with van der Waals surface area (Å²) in [5.41, 5.74) is 1.80. The molecule has 178 valence electrons. The van der Waals surface area contributed by atoms with Crippen LogP contribution in [0.2, 0.25) is 5.02 Å². The van der Waals surface area contributed by atoms with Crippen molar-refractivity contribution in [1.29, 1.82) is 0 Å². The van der Waals surface area contributed by atoms with E-state index in [0.29, 0.717) is 28.3 Å². The third-order valence-electron chi connectivity index (χ3n) is 4.85. The number of amides is 1. The molecule has 0 aliphatic carbocycles. The monoisotopic (exact) mass is 501 g/mol. The second-order valence-corrected chi connectivity index (χ2v) is 8.80. The highest BCUT2D eigenvalue weighted by molar-refractivity contribution is 7.99. The molecule has 0 bridgehead atoms. The van der Waals surface area contributed by atoms with Gasteiger partial charge in [0.05, 0.1) is 10.7 Å². The Labute approximate surface area is 206 Å². The predicted molar refractivity (Wildman–Crippen MR) is 133 cm³/mol. The molecule has 3 rings (SSSR count). The van der Waals surface area contributed by atoms with Gasteiger partial charge in [-0.25, -0.2) is 0 Å². The zero-order valence-electron chi connectivity index (χ0n) is 18.9. The lowest BCUT2D eigenvalue weighted by molar-refractivity contribution is -0.383. The zero-order chi connectivity index (χ0) is 24.8. The van der Waals surface area contributed by atoms with Crippen molar-refractivity contribution >= 4 is 40.6 Å². The van der Waals surface area contributed by atoms with Gasteiger partial charge in [0, 0.05) is 17.6 Å². The van der Waals surface area contributed by atoms with Gasteiger partial charge in [-0.3, -0.25) is 19.5 Å². The van der Waals surface area contributed by atoms with Crippen LogP contribution in [0.25, 0.3) is 0 Å². The maximum absolute atomic E-state index is 12.4. The Kier molecular flexibility index (Phi) is 8.30. The summed E-state index contributed by atoms with van der Waals surface area (Å²) in [5, 5.41) is 23.4. The summed E-state index contributed by atoms with van der Waals surface area (Å²) in [4.78, 5) is 23.0. The molecule has 11 heteroatoms. The number of thioether (sulfide) groups is 1. The van der Waals surface area contributed by atoms with Crippen LogP contribution in [0.15, 0.2) is 54.2 Å². The van der Waals surface area contributed by atoms with Crippen LogP contribution in [0.3, 0.4) is 0 Å². The number of rotatable bonds is 10. The number of hydrogen-bond acceptors (Lipinski definition) is 7. The van der Waals surface area contributed by atoms with Crippen LogP contribution in [0.1, 0.15) is 30.0 Å². The SMILES string of the molecule is C=CCn1c(SCC(=O)Nc2ccccc2[N+](=O)[O-])nnc1C(C)Oc1cc(C)c(Cl)c(C)c1. The first-order chi connectivity index (χ1) is 16.2. The summed E-state index contributed by atoms with van der Waals surface area (Å²) in [6.07, 6.45) is 1.27. The number of ether oxygens (including phenoxy) is 1. The number of carbonyl (C=O) groups excluding carboxylic acids is 1. The van der Waals surface area contributed by atoms with Crippen LogP contribution in [-0.4, -0.2) is 31.3 Å². The quantitative estimate of drug-likeness (QED) is 0.168. The molecule has 0 aliphatic rings. The lowest BCUT2D eigenvalue weighted by atomic mass is 10.1. The number of carbonyl (C=O) groups is 1. The average Bonchev–Trinajstić information content (AvgIpc) is 3.19. The van der Waals surface area contributed by atoms with E-state index in [1.807, 2.05) is 37.5 Å².